The van der Waals surface area contributed by atoms with E-state index in [0.717, 1.165) is 11.5 Å². The zero-order valence-electron chi connectivity index (χ0n) is 13.7. The molecule has 0 fully saturated rings. The third-order valence-corrected chi connectivity index (χ3v) is 15.3. The van der Waals surface area contributed by atoms with Crippen LogP contribution in [0.4, 0.5) is 0 Å². The Morgan fingerprint density at radius 1 is 0.920 bits per heavy atom. The van der Waals surface area contributed by atoms with Gasteiger partial charge >= 0.3 is 0 Å². The summed E-state index contributed by atoms with van der Waals surface area (Å²) in [6, 6.07) is 4.43. The van der Waals surface area contributed by atoms with Gasteiger partial charge in [0.2, 0.25) is 0 Å². The first-order chi connectivity index (χ1) is 12.2. The van der Waals surface area contributed by atoms with Crippen LogP contribution in [0.3, 0.4) is 0 Å². The van der Waals surface area contributed by atoms with Crippen LogP contribution in [-0.4, -0.2) is 29.9 Å². The molecule has 2 aliphatic rings. The first-order valence-electron chi connectivity index (χ1n) is 7.04. The molecule has 10 heteroatoms. The maximum absolute atomic E-state index is 8.79. The average Bonchev–Trinajstić information content (AvgIpc) is 3.15. The number of thioether (sulfide) groups is 7. The second-order valence-electron chi connectivity index (χ2n) is 4.34. The molecule has 0 aromatic rings. The van der Waals surface area contributed by atoms with Crippen LogP contribution >= 0.6 is 92.8 Å². The van der Waals surface area contributed by atoms with Gasteiger partial charge in [-0.05, 0) is 12.5 Å². The van der Waals surface area contributed by atoms with Crippen molar-refractivity contribution in [3.8, 4) is 12.1 Å². The van der Waals surface area contributed by atoms with Gasteiger partial charge in [0, 0.05) is 24.3 Å². The molecule has 0 bridgehead atoms. The molecule has 0 spiro atoms. The Morgan fingerprint density at radius 2 is 1.48 bits per heavy atom. The summed E-state index contributed by atoms with van der Waals surface area (Å²) >= 11 is 12.7. The summed E-state index contributed by atoms with van der Waals surface area (Å²) in [6.45, 7) is 0. The Kier molecular flexibility index (Phi) is 10.3. The van der Waals surface area contributed by atoms with E-state index in [1.807, 2.05) is 47.0 Å². The highest BCUT2D eigenvalue weighted by atomic mass is 32.3. The Balaban J connectivity index is 2.17. The lowest BCUT2D eigenvalue weighted by Gasteiger charge is -2.06. The first kappa shape index (κ1) is 22.2. The molecule has 0 saturated carbocycles. The van der Waals surface area contributed by atoms with Crippen LogP contribution in [0.15, 0.2) is 25.4 Å². The van der Waals surface area contributed by atoms with Gasteiger partial charge in [-0.25, -0.2) is 0 Å². The van der Waals surface area contributed by atoms with E-state index < -0.39 is 0 Å². The predicted octanol–water partition coefficient (Wildman–Crippen LogP) is 7.31. The highest BCUT2D eigenvalue weighted by molar-refractivity contribution is 8.48. The zero-order chi connectivity index (χ0) is 18.2. The van der Waals surface area contributed by atoms with Crippen LogP contribution in [-0.2, 0) is 0 Å². The minimum absolute atomic E-state index is 0.0899. The van der Waals surface area contributed by atoms with Gasteiger partial charge in [0.1, 0.15) is 0 Å². The van der Waals surface area contributed by atoms with Crippen LogP contribution in [0, 0.1) is 22.7 Å². The van der Waals surface area contributed by atoms with Crippen molar-refractivity contribution in [1.82, 2.24) is 0 Å². The monoisotopic (exact) mass is 480 g/mol. The fraction of sp³-hybridized carbons (Fsp3) is 0.400. The van der Waals surface area contributed by atoms with Crippen molar-refractivity contribution in [1.29, 1.82) is 10.5 Å². The molecule has 2 rings (SSSR count). The number of hydrogen-bond acceptors (Lipinski definition) is 9. The summed E-state index contributed by atoms with van der Waals surface area (Å²) in [5.41, 5.74) is 0. The summed E-state index contributed by atoms with van der Waals surface area (Å²) in [5, 5.41) is 17.6. The van der Waals surface area contributed by atoms with Gasteiger partial charge in [-0.15, -0.1) is 57.5 Å². The third kappa shape index (κ3) is 5.92. The fourth-order valence-electron chi connectivity index (χ4n) is 1.72. The van der Waals surface area contributed by atoms with Crippen molar-refractivity contribution >= 4 is 98.7 Å². The molecule has 2 heterocycles. The highest BCUT2D eigenvalue weighted by Gasteiger charge is 2.31. The van der Waals surface area contributed by atoms with E-state index in [4.69, 9.17) is 10.5 Å². The molecule has 0 saturated heterocycles. The van der Waals surface area contributed by atoms with Gasteiger partial charge in [0.25, 0.3) is 0 Å². The van der Waals surface area contributed by atoms with E-state index in [9.17, 15) is 0 Å². The fourth-order valence-corrected chi connectivity index (χ4v) is 14.4. The second-order valence-corrected chi connectivity index (χ2v) is 14.4. The average molecular weight is 481 g/mol. The molecule has 0 N–H and O–H groups in total. The van der Waals surface area contributed by atoms with Crippen molar-refractivity contribution in [2.75, 3.05) is 24.0 Å². The van der Waals surface area contributed by atoms with Gasteiger partial charge < -0.3 is 0 Å². The summed E-state index contributed by atoms with van der Waals surface area (Å²) in [6.07, 6.45) is 5.38. The van der Waals surface area contributed by atoms with Gasteiger partial charge in [-0.2, -0.15) is 10.5 Å². The molecule has 0 radical (unpaired) electrons. The van der Waals surface area contributed by atoms with E-state index >= 15 is 0 Å². The lowest BCUT2D eigenvalue weighted by Crippen LogP contribution is -1.79. The standard InChI is InChI=1S/C15H16N2S8/c1-18-12-14(19-2)25(3)15(24-12)13-22-10(20-8-4-6-16)11(23-13)21-9-5-7-17/h3-5,8-9H2,1-2H3. The van der Waals surface area contributed by atoms with E-state index in [1.54, 1.807) is 35.3 Å². The second kappa shape index (κ2) is 11.7. The SMILES string of the molecule is C=S1C(SC)=C(SC)SC1=C1SC(SCCC#N)=C(SCCC#N)S1. The minimum atomic E-state index is -0.0899. The lowest BCUT2D eigenvalue weighted by molar-refractivity contribution is 1.24. The Morgan fingerprint density at radius 3 is 1.88 bits per heavy atom. The number of nitriles is 2. The van der Waals surface area contributed by atoms with Crippen molar-refractivity contribution < 1.29 is 0 Å². The third-order valence-electron chi connectivity index (χ3n) is 2.77. The zero-order valence-corrected chi connectivity index (χ0v) is 20.2. The van der Waals surface area contributed by atoms with Crippen molar-refractivity contribution in [2.24, 2.45) is 0 Å². The molecule has 1 unspecified atom stereocenters. The molecule has 134 valence electrons. The molecule has 0 aromatic heterocycles. The van der Waals surface area contributed by atoms with E-state index in [1.165, 1.54) is 25.4 Å². The van der Waals surface area contributed by atoms with Gasteiger partial charge in [0.15, 0.2) is 0 Å². The Bertz CT molecular complexity index is 689. The highest BCUT2D eigenvalue weighted by Crippen LogP contribution is 2.67. The normalized spacial score (nSPS) is 20.4. The molecule has 2 aliphatic heterocycles. The number of hydrogen-bond donors (Lipinski definition) is 0. The maximum Gasteiger partial charge on any atom is 0.0712 e. The van der Waals surface area contributed by atoms with Crippen molar-refractivity contribution in [3.63, 3.8) is 0 Å². The molecule has 0 aromatic carbocycles. The van der Waals surface area contributed by atoms with E-state index in [0.29, 0.717) is 12.8 Å². The van der Waals surface area contributed by atoms with Crippen LogP contribution < -0.4 is 0 Å². The minimum Gasteiger partial charge on any atom is -0.198 e. The van der Waals surface area contributed by atoms with Crippen molar-refractivity contribution in [3.05, 3.63) is 25.4 Å². The van der Waals surface area contributed by atoms with Crippen LogP contribution in [0.2, 0.25) is 0 Å². The van der Waals surface area contributed by atoms with Crippen LogP contribution in [0.5, 0.6) is 0 Å². The summed E-state index contributed by atoms with van der Waals surface area (Å²) in [4.78, 5) is 0. The van der Waals surface area contributed by atoms with Gasteiger partial charge in [0.05, 0.1) is 37.6 Å². The Hall–Kier alpha value is 0.870. The van der Waals surface area contributed by atoms with Gasteiger partial charge in [-0.1, -0.05) is 41.2 Å². The van der Waals surface area contributed by atoms with Crippen molar-refractivity contribution in [2.45, 2.75) is 12.8 Å². The van der Waals surface area contributed by atoms with Gasteiger partial charge in [-0.3, -0.25) is 0 Å². The van der Waals surface area contributed by atoms with E-state index in [2.05, 4.69) is 30.5 Å². The first-order valence-corrected chi connectivity index (χ1v) is 15.3. The molecule has 1 atom stereocenters. The molecule has 25 heavy (non-hydrogen) atoms. The lowest BCUT2D eigenvalue weighted by atomic mass is 10.6. The molecule has 0 amide bonds. The quantitative estimate of drug-likeness (QED) is 0.263. The topological polar surface area (TPSA) is 47.6 Å². The van der Waals surface area contributed by atoms with Crippen LogP contribution in [0.25, 0.3) is 0 Å². The molecular formula is C15H16N2S8. The summed E-state index contributed by atoms with van der Waals surface area (Å²) in [7, 11) is -0.0899. The Labute approximate surface area is 182 Å². The summed E-state index contributed by atoms with van der Waals surface area (Å²) < 4.78 is 8.04. The molecule has 0 aliphatic carbocycles. The maximum atomic E-state index is 8.79. The molecule has 2 nitrogen and oxygen atoms in total. The van der Waals surface area contributed by atoms with Crippen LogP contribution in [0.1, 0.15) is 12.8 Å². The van der Waals surface area contributed by atoms with E-state index in [-0.39, 0.29) is 10.5 Å². The molecular weight excluding hydrogens is 465 g/mol. The largest absolute Gasteiger partial charge is 0.198 e. The summed E-state index contributed by atoms with van der Waals surface area (Å²) in [5.74, 6) is 6.06. The predicted molar refractivity (Wildman–Crippen MR) is 131 cm³/mol. The number of nitrogens with zero attached hydrogens (tertiary/aromatic N) is 2. The smallest absolute Gasteiger partial charge is 0.0712 e. The number of rotatable bonds is 8.